The van der Waals surface area contributed by atoms with Crippen molar-refractivity contribution in [3.63, 3.8) is 0 Å². The van der Waals surface area contributed by atoms with E-state index in [1.807, 2.05) is 4.68 Å². The topological polar surface area (TPSA) is 56.3 Å². The van der Waals surface area contributed by atoms with Gasteiger partial charge in [-0.15, -0.1) is 0 Å². The Morgan fingerprint density at radius 3 is 2.38 bits per heavy atom. The smallest absolute Gasteiger partial charge is 0.161 e. The average molecular weight is 296 g/mol. The molecule has 0 aliphatic rings. The summed E-state index contributed by atoms with van der Waals surface area (Å²) in [7, 11) is 5.83. The van der Waals surface area contributed by atoms with Gasteiger partial charge >= 0.3 is 0 Å². The molecule has 2 N–H and O–H groups in total. The van der Waals surface area contributed by atoms with Crippen LogP contribution in [0.5, 0.6) is 5.75 Å². The lowest BCUT2D eigenvalue weighted by atomic mass is 9.89. The number of likely N-dealkylation sites (N-methyl/N-ethyl adjacent to an activating group) is 1. The Balaban J connectivity index is 2.97. The average Bonchev–Trinajstić information content (AvgIpc) is 2.87. The summed E-state index contributed by atoms with van der Waals surface area (Å²) in [6.07, 6.45) is 6.41. The van der Waals surface area contributed by atoms with Crippen LogP contribution in [0.15, 0.2) is 6.20 Å². The normalized spacial score (nSPS) is 13.1. The molecular formula is C16H32N4O. The number of hydrogen-bond donors (Lipinski definition) is 1. The molecule has 0 aromatic carbocycles. The van der Waals surface area contributed by atoms with Crippen LogP contribution in [-0.2, 0) is 6.54 Å². The largest absolute Gasteiger partial charge is 0.493 e. The molecule has 0 fully saturated rings. The third kappa shape index (κ3) is 5.00. The van der Waals surface area contributed by atoms with Gasteiger partial charge in [-0.3, -0.25) is 4.68 Å². The third-order valence-electron chi connectivity index (χ3n) is 3.97. The summed E-state index contributed by atoms with van der Waals surface area (Å²) in [5, 5.41) is 4.47. The molecule has 0 radical (unpaired) electrons. The lowest BCUT2D eigenvalue weighted by Crippen LogP contribution is -2.27. The van der Waals surface area contributed by atoms with E-state index in [0.717, 1.165) is 50.2 Å². The minimum Gasteiger partial charge on any atom is -0.493 e. The third-order valence-corrected chi connectivity index (χ3v) is 3.97. The van der Waals surface area contributed by atoms with Gasteiger partial charge in [-0.1, -0.05) is 26.7 Å². The maximum atomic E-state index is 6.58. The Bertz CT molecular complexity index is 397. The number of aromatic nitrogens is 2. The van der Waals surface area contributed by atoms with E-state index in [9.17, 15) is 0 Å². The van der Waals surface area contributed by atoms with Crippen LogP contribution in [0, 0.1) is 5.92 Å². The van der Waals surface area contributed by atoms with Gasteiger partial charge in [-0.25, -0.2) is 0 Å². The molecule has 1 unspecified atom stereocenters. The van der Waals surface area contributed by atoms with Gasteiger partial charge in [0.05, 0.1) is 31.6 Å². The van der Waals surface area contributed by atoms with Crippen LogP contribution >= 0.6 is 0 Å². The van der Waals surface area contributed by atoms with E-state index < -0.39 is 0 Å². The Morgan fingerprint density at radius 2 is 1.90 bits per heavy atom. The molecule has 21 heavy (non-hydrogen) atoms. The van der Waals surface area contributed by atoms with Gasteiger partial charge in [-0.05, 0) is 32.9 Å². The van der Waals surface area contributed by atoms with Crippen molar-refractivity contribution >= 4 is 0 Å². The Labute approximate surface area is 129 Å². The van der Waals surface area contributed by atoms with Gasteiger partial charge in [-0.2, -0.15) is 5.10 Å². The van der Waals surface area contributed by atoms with Crippen molar-refractivity contribution in [3.8, 4) is 5.75 Å². The molecule has 0 aliphatic heterocycles. The van der Waals surface area contributed by atoms with Crippen molar-refractivity contribution in [2.45, 2.75) is 52.1 Å². The summed E-state index contributed by atoms with van der Waals surface area (Å²) < 4.78 is 7.50. The summed E-state index contributed by atoms with van der Waals surface area (Å²) in [5.41, 5.74) is 7.63. The van der Waals surface area contributed by atoms with E-state index >= 15 is 0 Å². The highest BCUT2D eigenvalue weighted by Gasteiger charge is 2.25. The van der Waals surface area contributed by atoms with Gasteiger partial charge in [0, 0.05) is 6.54 Å². The first-order valence-electron chi connectivity index (χ1n) is 8.05. The summed E-state index contributed by atoms with van der Waals surface area (Å²) in [5.74, 6) is 1.31. The van der Waals surface area contributed by atoms with Crippen molar-refractivity contribution in [3.05, 3.63) is 11.9 Å². The lowest BCUT2D eigenvalue weighted by Gasteiger charge is -2.25. The van der Waals surface area contributed by atoms with Crippen molar-refractivity contribution in [2.75, 3.05) is 27.7 Å². The lowest BCUT2D eigenvalue weighted by molar-refractivity contribution is 0.321. The van der Waals surface area contributed by atoms with Gasteiger partial charge in [0.25, 0.3) is 0 Å². The van der Waals surface area contributed by atoms with Crippen LogP contribution in [0.4, 0.5) is 0 Å². The Hall–Kier alpha value is -1.07. The fourth-order valence-electron chi connectivity index (χ4n) is 2.81. The molecule has 0 aliphatic carbocycles. The molecule has 1 aromatic rings. The van der Waals surface area contributed by atoms with E-state index in [0.29, 0.717) is 5.92 Å². The fourth-order valence-corrected chi connectivity index (χ4v) is 2.81. The van der Waals surface area contributed by atoms with Crippen LogP contribution in [0.1, 0.15) is 51.3 Å². The van der Waals surface area contributed by atoms with Gasteiger partial charge < -0.3 is 15.4 Å². The standard InChI is InChI=1S/C16H32N4O/c1-6-8-13(9-7-2)15(17)16-14(21-5)12-18-20(16)11-10-19(3)4/h12-13,15H,6-11,17H2,1-5H3. The van der Waals surface area contributed by atoms with Crippen LogP contribution in [-0.4, -0.2) is 42.4 Å². The highest BCUT2D eigenvalue weighted by atomic mass is 16.5. The molecule has 0 amide bonds. The first-order valence-corrected chi connectivity index (χ1v) is 8.05. The second kappa shape index (κ2) is 9.05. The molecule has 122 valence electrons. The Morgan fingerprint density at radius 1 is 1.29 bits per heavy atom. The molecule has 5 heteroatoms. The van der Waals surface area contributed by atoms with Crippen LogP contribution in [0.2, 0.25) is 0 Å². The van der Waals surface area contributed by atoms with Gasteiger partial charge in [0.15, 0.2) is 5.75 Å². The number of nitrogens with zero attached hydrogens (tertiary/aromatic N) is 3. The fraction of sp³-hybridized carbons (Fsp3) is 0.812. The van der Waals surface area contributed by atoms with Crippen LogP contribution in [0.3, 0.4) is 0 Å². The van der Waals surface area contributed by atoms with Gasteiger partial charge in [0.2, 0.25) is 0 Å². The molecule has 0 saturated heterocycles. The minimum absolute atomic E-state index is 0.00971. The maximum Gasteiger partial charge on any atom is 0.161 e. The van der Waals surface area contributed by atoms with Crippen molar-refractivity contribution in [1.82, 2.24) is 14.7 Å². The molecule has 1 heterocycles. The summed E-state index contributed by atoms with van der Waals surface area (Å²) in [6.45, 7) is 6.22. The zero-order valence-electron chi connectivity index (χ0n) is 14.3. The molecule has 1 rings (SSSR count). The van der Waals surface area contributed by atoms with E-state index in [1.165, 1.54) is 0 Å². The first-order chi connectivity index (χ1) is 10.0. The number of hydrogen-bond acceptors (Lipinski definition) is 4. The summed E-state index contributed by atoms with van der Waals surface area (Å²) in [6, 6.07) is -0.00971. The van der Waals surface area contributed by atoms with Crippen LogP contribution in [0.25, 0.3) is 0 Å². The van der Waals surface area contributed by atoms with E-state index in [1.54, 1.807) is 13.3 Å². The second-order valence-electron chi connectivity index (χ2n) is 5.99. The zero-order chi connectivity index (χ0) is 15.8. The van der Waals surface area contributed by atoms with E-state index in [4.69, 9.17) is 10.5 Å². The highest BCUT2D eigenvalue weighted by Crippen LogP contribution is 2.33. The SMILES string of the molecule is CCCC(CCC)C(N)c1c(OC)cnn1CCN(C)C. The van der Waals surface area contributed by atoms with Gasteiger partial charge in [0.1, 0.15) is 0 Å². The molecule has 0 spiro atoms. The molecule has 1 aromatic heterocycles. The quantitative estimate of drug-likeness (QED) is 0.721. The first kappa shape index (κ1) is 18.0. The monoisotopic (exact) mass is 296 g/mol. The minimum atomic E-state index is -0.00971. The number of ether oxygens (including phenoxy) is 1. The molecule has 0 bridgehead atoms. The van der Waals surface area contributed by atoms with Crippen molar-refractivity contribution in [2.24, 2.45) is 11.7 Å². The van der Waals surface area contributed by atoms with Crippen molar-refractivity contribution in [1.29, 1.82) is 0 Å². The zero-order valence-corrected chi connectivity index (χ0v) is 14.3. The molecular weight excluding hydrogens is 264 g/mol. The molecule has 1 atom stereocenters. The number of methoxy groups -OCH3 is 1. The summed E-state index contributed by atoms with van der Waals surface area (Å²) in [4.78, 5) is 2.15. The van der Waals surface area contributed by atoms with Crippen molar-refractivity contribution < 1.29 is 4.74 Å². The molecule has 5 nitrogen and oxygen atoms in total. The second-order valence-corrected chi connectivity index (χ2v) is 5.99. The Kier molecular flexibility index (Phi) is 7.75. The maximum absolute atomic E-state index is 6.58. The van der Waals surface area contributed by atoms with E-state index in [-0.39, 0.29) is 6.04 Å². The molecule has 0 saturated carbocycles. The number of nitrogens with two attached hydrogens (primary N) is 1. The number of rotatable bonds is 10. The summed E-state index contributed by atoms with van der Waals surface area (Å²) >= 11 is 0. The highest BCUT2D eigenvalue weighted by molar-refractivity contribution is 5.28. The van der Waals surface area contributed by atoms with Crippen LogP contribution < -0.4 is 10.5 Å². The predicted molar refractivity (Wildman–Crippen MR) is 87.6 cm³/mol. The van der Waals surface area contributed by atoms with E-state index in [2.05, 4.69) is 37.9 Å². The predicted octanol–water partition coefficient (Wildman–Crippen LogP) is 2.67.